The molecule has 1 amide bonds. The Bertz CT molecular complexity index is 505. The predicted molar refractivity (Wildman–Crippen MR) is 94.9 cm³/mol. The van der Waals surface area contributed by atoms with E-state index in [0.717, 1.165) is 30.8 Å². The molecule has 2 N–H and O–H groups in total. The van der Waals surface area contributed by atoms with Crippen molar-refractivity contribution in [1.29, 1.82) is 0 Å². The molecule has 6 heteroatoms. The Morgan fingerprint density at radius 2 is 2.09 bits per heavy atom. The third-order valence-corrected chi connectivity index (χ3v) is 4.56. The highest BCUT2D eigenvalue weighted by Gasteiger charge is 2.14. The SMILES string of the molecule is CS(=O)Cc1cccc(NC(=O)CCC2CCNCC2)c1.Cl. The number of carbonyl (C=O) groups excluding carboxylic acids is 1. The summed E-state index contributed by atoms with van der Waals surface area (Å²) in [5.41, 5.74) is 1.79. The number of piperidine rings is 1. The number of hydrogen-bond donors (Lipinski definition) is 2. The fourth-order valence-electron chi connectivity index (χ4n) is 2.70. The number of hydrogen-bond acceptors (Lipinski definition) is 3. The van der Waals surface area contributed by atoms with E-state index in [1.807, 2.05) is 24.3 Å². The Hall–Kier alpha value is -0.910. The van der Waals surface area contributed by atoms with Gasteiger partial charge >= 0.3 is 0 Å². The number of anilines is 1. The Kier molecular flexibility index (Phi) is 8.68. The second kappa shape index (κ2) is 9.98. The van der Waals surface area contributed by atoms with Gasteiger partial charge in [0, 0.05) is 34.9 Å². The first-order chi connectivity index (χ1) is 10.1. The minimum absolute atomic E-state index is 0. The minimum Gasteiger partial charge on any atom is -0.326 e. The first kappa shape index (κ1) is 19.1. The van der Waals surface area contributed by atoms with E-state index in [1.54, 1.807) is 6.26 Å². The van der Waals surface area contributed by atoms with Crippen LogP contribution in [-0.4, -0.2) is 29.5 Å². The van der Waals surface area contributed by atoms with Gasteiger partial charge in [0.15, 0.2) is 0 Å². The molecule has 1 aliphatic heterocycles. The Balaban J connectivity index is 0.00000242. The molecular formula is C16H25ClN2O2S. The zero-order valence-corrected chi connectivity index (χ0v) is 14.6. The molecule has 1 saturated heterocycles. The monoisotopic (exact) mass is 344 g/mol. The second-order valence-electron chi connectivity index (χ2n) is 5.70. The van der Waals surface area contributed by atoms with Gasteiger partial charge in [-0.25, -0.2) is 0 Å². The van der Waals surface area contributed by atoms with Gasteiger partial charge in [0.2, 0.25) is 5.91 Å². The topological polar surface area (TPSA) is 58.2 Å². The molecule has 1 atom stereocenters. The average molecular weight is 345 g/mol. The first-order valence-corrected chi connectivity index (χ1v) is 9.26. The molecule has 0 bridgehead atoms. The lowest BCUT2D eigenvalue weighted by Crippen LogP contribution is -2.28. The van der Waals surface area contributed by atoms with Gasteiger partial charge in [-0.3, -0.25) is 9.00 Å². The van der Waals surface area contributed by atoms with Crippen LogP contribution in [0.4, 0.5) is 5.69 Å². The van der Waals surface area contributed by atoms with Crippen LogP contribution >= 0.6 is 12.4 Å². The van der Waals surface area contributed by atoms with E-state index in [0.29, 0.717) is 18.1 Å². The molecule has 0 aromatic heterocycles. The summed E-state index contributed by atoms with van der Waals surface area (Å²) < 4.78 is 11.2. The van der Waals surface area contributed by atoms with Crippen molar-refractivity contribution < 1.29 is 9.00 Å². The van der Waals surface area contributed by atoms with Gasteiger partial charge in [0.05, 0.1) is 0 Å². The number of halogens is 1. The van der Waals surface area contributed by atoms with Gasteiger partial charge in [-0.05, 0) is 56.0 Å². The van der Waals surface area contributed by atoms with Gasteiger partial charge in [0.1, 0.15) is 0 Å². The highest BCUT2D eigenvalue weighted by Crippen LogP contribution is 2.18. The lowest BCUT2D eigenvalue weighted by molar-refractivity contribution is -0.116. The lowest BCUT2D eigenvalue weighted by Gasteiger charge is -2.22. The lowest BCUT2D eigenvalue weighted by atomic mass is 9.93. The molecule has 1 fully saturated rings. The van der Waals surface area contributed by atoms with E-state index < -0.39 is 10.8 Å². The van der Waals surface area contributed by atoms with Crippen molar-refractivity contribution in [3.05, 3.63) is 29.8 Å². The van der Waals surface area contributed by atoms with Crippen LogP contribution in [0.3, 0.4) is 0 Å². The van der Waals surface area contributed by atoms with Crippen LogP contribution in [0.1, 0.15) is 31.2 Å². The van der Waals surface area contributed by atoms with Crippen molar-refractivity contribution in [2.45, 2.75) is 31.4 Å². The van der Waals surface area contributed by atoms with Crippen LogP contribution < -0.4 is 10.6 Å². The largest absolute Gasteiger partial charge is 0.326 e. The van der Waals surface area contributed by atoms with Crippen molar-refractivity contribution >= 4 is 34.8 Å². The van der Waals surface area contributed by atoms with E-state index in [4.69, 9.17) is 0 Å². The summed E-state index contributed by atoms with van der Waals surface area (Å²) in [4.78, 5) is 12.0. The number of amides is 1. The molecule has 0 aliphatic carbocycles. The zero-order valence-electron chi connectivity index (χ0n) is 13.0. The Morgan fingerprint density at radius 1 is 1.36 bits per heavy atom. The van der Waals surface area contributed by atoms with Gasteiger partial charge in [-0.1, -0.05) is 12.1 Å². The first-order valence-electron chi connectivity index (χ1n) is 7.53. The van der Waals surface area contributed by atoms with Crippen LogP contribution in [0.2, 0.25) is 0 Å². The maximum absolute atomic E-state index is 12.0. The molecule has 1 aromatic rings. The Morgan fingerprint density at radius 3 is 2.77 bits per heavy atom. The van der Waals surface area contributed by atoms with Crippen LogP contribution in [0, 0.1) is 5.92 Å². The third kappa shape index (κ3) is 6.90. The van der Waals surface area contributed by atoms with Crippen molar-refractivity contribution in [2.24, 2.45) is 5.92 Å². The molecule has 124 valence electrons. The quantitative estimate of drug-likeness (QED) is 0.834. The molecule has 0 saturated carbocycles. The van der Waals surface area contributed by atoms with Crippen LogP contribution in [0.15, 0.2) is 24.3 Å². The van der Waals surface area contributed by atoms with E-state index >= 15 is 0 Å². The molecule has 1 aliphatic rings. The molecule has 1 heterocycles. The van der Waals surface area contributed by atoms with E-state index in [2.05, 4.69) is 10.6 Å². The summed E-state index contributed by atoms with van der Waals surface area (Å²) in [6.45, 7) is 2.14. The summed E-state index contributed by atoms with van der Waals surface area (Å²) in [7, 11) is -0.863. The van der Waals surface area contributed by atoms with Crippen molar-refractivity contribution in [1.82, 2.24) is 5.32 Å². The maximum atomic E-state index is 12.0. The predicted octanol–water partition coefficient (Wildman–Crippen LogP) is 2.71. The maximum Gasteiger partial charge on any atom is 0.224 e. The van der Waals surface area contributed by atoms with Gasteiger partial charge < -0.3 is 10.6 Å². The zero-order chi connectivity index (χ0) is 15.1. The Labute approximate surface area is 141 Å². The highest BCUT2D eigenvalue weighted by molar-refractivity contribution is 7.83. The number of rotatable bonds is 6. The second-order valence-corrected chi connectivity index (χ2v) is 7.13. The summed E-state index contributed by atoms with van der Waals surface area (Å²) in [6, 6.07) is 7.62. The van der Waals surface area contributed by atoms with E-state index in [9.17, 15) is 9.00 Å². The van der Waals surface area contributed by atoms with E-state index in [-0.39, 0.29) is 18.3 Å². The molecule has 1 unspecified atom stereocenters. The molecule has 4 nitrogen and oxygen atoms in total. The summed E-state index contributed by atoms with van der Waals surface area (Å²) in [5, 5.41) is 6.28. The van der Waals surface area contributed by atoms with Crippen molar-refractivity contribution in [2.75, 3.05) is 24.7 Å². The molecular weight excluding hydrogens is 320 g/mol. The minimum atomic E-state index is -0.863. The third-order valence-electron chi connectivity index (χ3n) is 3.82. The van der Waals surface area contributed by atoms with Crippen LogP contribution in [-0.2, 0) is 21.3 Å². The van der Waals surface area contributed by atoms with Crippen molar-refractivity contribution in [3.63, 3.8) is 0 Å². The molecule has 22 heavy (non-hydrogen) atoms. The average Bonchev–Trinajstić information content (AvgIpc) is 2.46. The number of nitrogens with one attached hydrogen (secondary N) is 2. The molecule has 1 aromatic carbocycles. The summed E-state index contributed by atoms with van der Waals surface area (Å²) in [6.07, 6.45) is 5.57. The van der Waals surface area contributed by atoms with Gasteiger partial charge in [-0.15, -0.1) is 12.4 Å². The van der Waals surface area contributed by atoms with Crippen LogP contribution in [0.25, 0.3) is 0 Å². The van der Waals surface area contributed by atoms with Gasteiger partial charge in [0.25, 0.3) is 0 Å². The molecule has 2 rings (SSSR count). The van der Waals surface area contributed by atoms with Crippen molar-refractivity contribution in [3.8, 4) is 0 Å². The fraction of sp³-hybridized carbons (Fsp3) is 0.562. The smallest absolute Gasteiger partial charge is 0.224 e. The summed E-state index contributed by atoms with van der Waals surface area (Å²) >= 11 is 0. The number of carbonyl (C=O) groups is 1. The van der Waals surface area contributed by atoms with Crippen LogP contribution in [0.5, 0.6) is 0 Å². The van der Waals surface area contributed by atoms with Gasteiger partial charge in [-0.2, -0.15) is 0 Å². The fourth-order valence-corrected chi connectivity index (χ4v) is 3.35. The standard InChI is InChI=1S/C16H24N2O2S.ClH/c1-21(20)12-14-3-2-4-15(11-14)18-16(19)6-5-13-7-9-17-10-8-13;/h2-4,11,13,17H,5-10,12H2,1H3,(H,18,19);1H. The summed E-state index contributed by atoms with van der Waals surface area (Å²) in [5.74, 6) is 1.27. The molecule has 0 spiro atoms. The normalized spacial score (nSPS) is 16.6. The number of benzene rings is 1. The highest BCUT2D eigenvalue weighted by atomic mass is 35.5. The molecule has 0 radical (unpaired) electrons. The van der Waals surface area contributed by atoms with E-state index in [1.165, 1.54) is 12.8 Å².